The van der Waals surface area contributed by atoms with Gasteiger partial charge in [0.1, 0.15) is 11.9 Å². The molecule has 0 saturated heterocycles. The van der Waals surface area contributed by atoms with Crippen molar-refractivity contribution in [3.8, 4) is 6.07 Å². The SMILES string of the molecule is CC(C)(C)CC(=O)Nc1nc2cc(F)c(C#N)cc2n1C1(C)CCC1. The summed E-state index contributed by atoms with van der Waals surface area (Å²) in [7, 11) is 0. The normalized spacial score (nSPS) is 16.3. The highest BCUT2D eigenvalue weighted by Gasteiger charge is 2.37. The molecule has 0 atom stereocenters. The summed E-state index contributed by atoms with van der Waals surface area (Å²) in [4.78, 5) is 16.8. The number of benzene rings is 1. The zero-order chi connectivity index (χ0) is 18.4. The van der Waals surface area contributed by atoms with Crippen LogP contribution in [0.1, 0.15) is 58.9 Å². The summed E-state index contributed by atoms with van der Waals surface area (Å²) in [5.41, 5.74) is 0.816. The summed E-state index contributed by atoms with van der Waals surface area (Å²) in [6, 6.07) is 4.68. The van der Waals surface area contributed by atoms with Gasteiger partial charge in [-0.2, -0.15) is 5.26 Å². The smallest absolute Gasteiger partial charge is 0.227 e. The number of rotatable bonds is 3. The number of anilines is 1. The lowest BCUT2D eigenvalue weighted by atomic mass is 9.78. The van der Waals surface area contributed by atoms with Gasteiger partial charge in [0.05, 0.1) is 16.6 Å². The molecule has 0 spiro atoms. The van der Waals surface area contributed by atoms with Crippen LogP contribution in [-0.4, -0.2) is 15.5 Å². The first-order valence-electron chi connectivity index (χ1n) is 8.55. The van der Waals surface area contributed by atoms with Crippen molar-refractivity contribution in [2.24, 2.45) is 5.41 Å². The average molecular weight is 342 g/mol. The van der Waals surface area contributed by atoms with Gasteiger partial charge in [0, 0.05) is 18.0 Å². The predicted molar refractivity (Wildman–Crippen MR) is 94.6 cm³/mol. The minimum Gasteiger partial charge on any atom is -0.304 e. The molecule has 132 valence electrons. The van der Waals surface area contributed by atoms with E-state index in [9.17, 15) is 9.18 Å². The zero-order valence-corrected chi connectivity index (χ0v) is 15.1. The summed E-state index contributed by atoms with van der Waals surface area (Å²) in [5, 5.41) is 12.0. The van der Waals surface area contributed by atoms with Crippen LogP contribution in [0.2, 0.25) is 0 Å². The van der Waals surface area contributed by atoms with E-state index in [4.69, 9.17) is 5.26 Å². The maximum absolute atomic E-state index is 14.0. The number of imidazole rings is 1. The van der Waals surface area contributed by atoms with Crippen LogP contribution in [0.15, 0.2) is 12.1 Å². The lowest BCUT2D eigenvalue weighted by molar-refractivity contribution is -0.117. The highest BCUT2D eigenvalue weighted by Crippen LogP contribution is 2.43. The predicted octanol–water partition coefficient (Wildman–Crippen LogP) is 4.32. The molecule has 0 bridgehead atoms. The van der Waals surface area contributed by atoms with Gasteiger partial charge in [-0.25, -0.2) is 9.37 Å². The molecule has 1 aliphatic carbocycles. The van der Waals surface area contributed by atoms with Crippen LogP contribution in [0.3, 0.4) is 0 Å². The fraction of sp³-hybridized carbons (Fsp3) is 0.526. The van der Waals surface area contributed by atoms with Gasteiger partial charge in [-0.05, 0) is 37.7 Å². The van der Waals surface area contributed by atoms with Crippen LogP contribution in [-0.2, 0) is 10.3 Å². The van der Waals surface area contributed by atoms with Gasteiger partial charge in [0.15, 0.2) is 0 Å². The maximum Gasteiger partial charge on any atom is 0.227 e. The van der Waals surface area contributed by atoms with E-state index < -0.39 is 5.82 Å². The molecule has 1 aromatic heterocycles. The number of carbonyl (C=O) groups excluding carboxylic acids is 1. The molecular weight excluding hydrogens is 319 g/mol. The van der Waals surface area contributed by atoms with Crippen LogP contribution in [0.5, 0.6) is 0 Å². The number of nitrogens with one attached hydrogen (secondary N) is 1. The first-order chi connectivity index (χ1) is 11.6. The van der Waals surface area contributed by atoms with Crippen LogP contribution in [0, 0.1) is 22.6 Å². The van der Waals surface area contributed by atoms with E-state index >= 15 is 0 Å². The molecule has 5 nitrogen and oxygen atoms in total. The Bertz CT molecular complexity index is 881. The molecule has 6 heteroatoms. The van der Waals surface area contributed by atoms with Crippen molar-refractivity contribution < 1.29 is 9.18 Å². The first kappa shape index (κ1) is 17.4. The van der Waals surface area contributed by atoms with Gasteiger partial charge < -0.3 is 4.57 Å². The Morgan fingerprint density at radius 3 is 2.64 bits per heavy atom. The second kappa shape index (κ2) is 5.83. The number of halogens is 1. The Balaban J connectivity index is 2.10. The van der Waals surface area contributed by atoms with E-state index in [1.54, 1.807) is 0 Å². The summed E-state index contributed by atoms with van der Waals surface area (Å²) in [6.45, 7) is 8.10. The summed E-state index contributed by atoms with van der Waals surface area (Å²) in [5.74, 6) is -0.278. The van der Waals surface area contributed by atoms with E-state index in [-0.39, 0.29) is 22.4 Å². The van der Waals surface area contributed by atoms with Crippen molar-refractivity contribution in [2.45, 2.75) is 58.9 Å². The largest absolute Gasteiger partial charge is 0.304 e. The Morgan fingerprint density at radius 1 is 1.44 bits per heavy atom. The van der Waals surface area contributed by atoms with Gasteiger partial charge in [-0.3, -0.25) is 10.1 Å². The maximum atomic E-state index is 14.0. The van der Waals surface area contributed by atoms with Gasteiger partial charge in [-0.15, -0.1) is 0 Å². The topological polar surface area (TPSA) is 70.7 Å². The molecule has 1 amide bonds. The number of carbonyl (C=O) groups is 1. The quantitative estimate of drug-likeness (QED) is 0.903. The number of aromatic nitrogens is 2. The molecule has 2 aromatic rings. The number of hydrogen-bond donors (Lipinski definition) is 1. The summed E-state index contributed by atoms with van der Waals surface area (Å²) in [6.07, 6.45) is 3.38. The third kappa shape index (κ3) is 3.23. The number of amides is 1. The van der Waals surface area contributed by atoms with E-state index in [1.807, 2.05) is 31.4 Å². The molecule has 1 aliphatic rings. The molecule has 0 unspecified atom stereocenters. The van der Waals surface area contributed by atoms with E-state index in [0.717, 1.165) is 19.3 Å². The second-order valence-corrected chi connectivity index (χ2v) is 8.34. The van der Waals surface area contributed by atoms with Crippen molar-refractivity contribution in [3.63, 3.8) is 0 Å². The lowest BCUT2D eigenvalue weighted by Crippen LogP contribution is -2.38. The van der Waals surface area contributed by atoms with Crippen molar-refractivity contribution in [1.82, 2.24) is 9.55 Å². The third-order valence-corrected chi connectivity index (χ3v) is 4.78. The molecule has 3 rings (SSSR count). The number of nitrogens with zero attached hydrogens (tertiary/aromatic N) is 3. The van der Waals surface area contributed by atoms with Crippen LogP contribution < -0.4 is 5.32 Å². The van der Waals surface area contributed by atoms with Crippen molar-refractivity contribution in [1.29, 1.82) is 5.26 Å². The third-order valence-electron chi connectivity index (χ3n) is 4.78. The molecular formula is C19H23FN4O. The first-order valence-corrected chi connectivity index (χ1v) is 8.55. The minimum atomic E-state index is -0.592. The number of nitriles is 1. The lowest BCUT2D eigenvalue weighted by Gasteiger charge is -2.41. The summed E-state index contributed by atoms with van der Waals surface area (Å²) >= 11 is 0. The van der Waals surface area contributed by atoms with E-state index in [1.165, 1.54) is 12.1 Å². The Morgan fingerprint density at radius 2 is 2.12 bits per heavy atom. The molecule has 1 N–H and O–H groups in total. The van der Waals surface area contributed by atoms with Crippen LogP contribution >= 0.6 is 0 Å². The van der Waals surface area contributed by atoms with E-state index in [2.05, 4.69) is 17.2 Å². The highest BCUT2D eigenvalue weighted by atomic mass is 19.1. The fourth-order valence-electron chi connectivity index (χ4n) is 3.38. The highest BCUT2D eigenvalue weighted by molar-refractivity contribution is 5.92. The number of hydrogen-bond acceptors (Lipinski definition) is 3. The zero-order valence-electron chi connectivity index (χ0n) is 15.1. The molecule has 1 fully saturated rings. The molecule has 25 heavy (non-hydrogen) atoms. The van der Waals surface area contributed by atoms with Gasteiger partial charge in [0.2, 0.25) is 11.9 Å². The van der Waals surface area contributed by atoms with E-state index in [0.29, 0.717) is 23.4 Å². The molecule has 1 saturated carbocycles. The fourth-order valence-corrected chi connectivity index (χ4v) is 3.38. The van der Waals surface area contributed by atoms with Gasteiger partial charge in [-0.1, -0.05) is 20.8 Å². The van der Waals surface area contributed by atoms with Crippen molar-refractivity contribution in [2.75, 3.05) is 5.32 Å². The van der Waals surface area contributed by atoms with Gasteiger partial charge in [0.25, 0.3) is 0 Å². The van der Waals surface area contributed by atoms with Crippen molar-refractivity contribution in [3.05, 3.63) is 23.5 Å². The molecule has 0 aliphatic heterocycles. The Hall–Kier alpha value is -2.42. The minimum absolute atomic E-state index is 0.0101. The molecule has 1 aromatic carbocycles. The van der Waals surface area contributed by atoms with Crippen LogP contribution in [0.4, 0.5) is 10.3 Å². The summed E-state index contributed by atoms with van der Waals surface area (Å²) < 4.78 is 15.9. The average Bonchev–Trinajstić information content (AvgIpc) is 2.78. The monoisotopic (exact) mass is 342 g/mol. The Labute approximate surface area is 146 Å². The standard InChI is InChI=1S/C19H23FN4O/c1-18(2,3)10-16(25)23-17-22-14-9-13(20)12(11-21)8-15(14)24(17)19(4)6-5-7-19/h8-9H,5-7,10H2,1-4H3,(H,22,23,25). The second-order valence-electron chi connectivity index (χ2n) is 8.34. The van der Waals surface area contributed by atoms with Gasteiger partial charge >= 0.3 is 0 Å². The molecule has 1 heterocycles. The number of fused-ring (bicyclic) bond motifs is 1. The van der Waals surface area contributed by atoms with Crippen molar-refractivity contribution >= 4 is 22.9 Å². The van der Waals surface area contributed by atoms with Crippen LogP contribution in [0.25, 0.3) is 11.0 Å². The molecule has 0 radical (unpaired) electrons. The Kier molecular flexibility index (Phi) is 4.06.